The minimum absolute atomic E-state index is 0.267. The van der Waals surface area contributed by atoms with Crippen molar-refractivity contribution >= 4 is 15.9 Å². The average molecular weight is 342 g/mol. The SMILES string of the molecule is C=C(Br)COc1cc2c(cc1CNCC(C)C)OCO2. The first-order valence-electron chi connectivity index (χ1n) is 6.65. The van der Waals surface area contributed by atoms with Gasteiger partial charge in [-0.1, -0.05) is 36.4 Å². The monoisotopic (exact) mass is 341 g/mol. The molecule has 1 aromatic rings. The van der Waals surface area contributed by atoms with E-state index in [1.54, 1.807) is 0 Å². The molecule has 5 heteroatoms. The van der Waals surface area contributed by atoms with Crippen molar-refractivity contribution in [3.8, 4) is 17.2 Å². The van der Waals surface area contributed by atoms with E-state index in [0.717, 1.165) is 40.4 Å². The van der Waals surface area contributed by atoms with Crippen LogP contribution in [0.2, 0.25) is 0 Å². The van der Waals surface area contributed by atoms with Gasteiger partial charge in [0.05, 0.1) is 0 Å². The zero-order valence-electron chi connectivity index (χ0n) is 11.9. The first-order valence-corrected chi connectivity index (χ1v) is 7.45. The molecule has 0 fully saturated rings. The van der Waals surface area contributed by atoms with Gasteiger partial charge in [0.2, 0.25) is 6.79 Å². The Morgan fingerprint density at radius 1 is 1.40 bits per heavy atom. The quantitative estimate of drug-likeness (QED) is 0.824. The second kappa shape index (κ2) is 6.99. The third kappa shape index (κ3) is 4.15. The fraction of sp³-hybridized carbons (Fsp3) is 0.467. The molecule has 0 atom stereocenters. The van der Waals surface area contributed by atoms with Gasteiger partial charge in [0.1, 0.15) is 12.4 Å². The number of benzene rings is 1. The fourth-order valence-corrected chi connectivity index (χ4v) is 2.00. The summed E-state index contributed by atoms with van der Waals surface area (Å²) in [5, 5.41) is 3.41. The van der Waals surface area contributed by atoms with Gasteiger partial charge < -0.3 is 19.5 Å². The third-order valence-corrected chi connectivity index (χ3v) is 3.04. The van der Waals surface area contributed by atoms with E-state index in [0.29, 0.717) is 12.5 Å². The van der Waals surface area contributed by atoms with Crippen LogP contribution in [0.5, 0.6) is 17.2 Å². The third-order valence-electron chi connectivity index (χ3n) is 2.81. The highest BCUT2D eigenvalue weighted by atomic mass is 79.9. The van der Waals surface area contributed by atoms with E-state index < -0.39 is 0 Å². The molecule has 0 radical (unpaired) electrons. The first kappa shape index (κ1) is 15.2. The summed E-state index contributed by atoms with van der Waals surface area (Å²) in [6, 6.07) is 3.85. The van der Waals surface area contributed by atoms with Gasteiger partial charge in [-0.25, -0.2) is 0 Å². The highest BCUT2D eigenvalue weighted by Crippen LogP contribution is 2.38. The molecule has 1 aliphatic rings. The first-order chi connectivity index (χ1) is 9.56. The van der Waals surface area contributed by atoms with Crippen molar-refractivity contribution in [2.75, 3.05) is 19.9 Å². The molecule has 0 unspecified atom stereocenters. The van der Waals surface area contributed by atoms with Gasteiger partial charge in [-0.2, -0.15) is 0 Å². The molecule has 1 N–H and O–H groups in total. The molecule has 0 bridgehead atoms. The second-order valence-electron chi connectivity index (χ2n) is 5.14. The highest BCUT2D eigenvalue weighted by molar-refractivity contribution is 9.11. The number of fused-ring (bicyclic) bond motifs is 1. The van der Waals surface area contributed by atoms with Gasteiger partial charge in [-0.15, -0.1) is 0 Å². The molecule has 0 aliphatic carbocycles. The number of ether oxygens (including phenoxy) is 3. The Morgan fingerprint density at radius 3 is 2.75 bits per heavy atom. The topological polar surface area (TPSA) is 39.7 Å². The Kier molecular flexibility index (Phi) is 5.31. The van der Waals surface area contributed by atoms with Crippen LogP contribution in [0.4, 0.5) is 0 Å². The standard InChI is InChI=1S/C15H20BrNO3/c1-10(2)6-17-7-12-4-14-15(20-9-19-14)5-13(12)18-8-11(3)16/h4-5,10,17H,3,6-9H2,1-2H3. The number of rotatable bonds is 7. The van der Waals surface area contributed by atoms with Gasteiger partial charge in [-0.05, 0) is 18.5 Å². The fourth-order valence-electron chi connectivity index (χ4n) is 1.89. The summed E-state index contributed by atoms with van der Waals surface area (Å²) >= 11 is 3.30. The lowest BCUT2D eigenvalue weighted by Crippen LogP contribution is -2.19. The number of nitrogens with one attached hydrogen (secondary N) is 1. The van der Waals surface area contributed by atoms with Gasteiger partial charge in [-0.3, -0.25) is 0 Å². The zero-order chi connectivity index (χ0) is 14.5. The van der Waals surface area contributed by atoms with E-state index in [9.17, 15) is 0 Å². The number of hydrogen-bond donors (Lipinski definition) is 1. The normalized spacial score (nSPS) is 12.8. The van der Waals surface area contributed by atoms with E-state index in [-0.39, 0.29) is 6.79 Å². The molecule has 0 amide bonds. The van der Waals surface area contributed by atoms with Crippen molar-refractivity contribution in [3.63, 3.8) is 0 Å². The molecule has 1 aromatic carbocycles. The number of hydrogen-bond acceptors (Lipinski definition) is 4. The van der Waals surface area contributed by atoms with Crippen molar-refractivity contribution in [2.45, 2.75) is 20.4 Å². The van der Waals surface area contributed by atoms with E-state index in [1.165, 1.54) is 0 Å². The molecular formula is C15H20BrNO3. The Hall–Kier alpha value is -1.20. The second-order valence-corrected chi connectivity index (χ2v) is 6.27. The van der Waals surface area contributed by atoms with Crippen molar-refractivity contribution in [1.82, 2.24) is 5.32 Å². The average Bonchev–Trinajstić information content (AvgIpc) is 2.82. The summed E-state index contributed by atoms with van der Waals surface area (Å²) in [6.45, 7) is 10.5. The van der Waals surface area contributed by atoms with Crippen LogP contribution in [0.15, 0.2) is 23.2 Å². The molecule has 1 aliphatic heterocycles. The van der Waals surface area contributed by atoms with E-state index >= 15 is 0 Å². The summed E-state index contributed by atoms with van der Waals surface area (Å²) in [7, 11) is 0. The highest BCUT2D eigenvalue weighted by Gasteiger charge is 2.18. The van der Waals surface area contributed by atoms with Crippen molar-refractivity contribution in [1.29, 1.82) is 0 Å². The van der Waals surface area contributed by atoms with Crippen LogP contribution in [0, 0.1) is 5.92 Å². The van der Waals surface area contributed by atoms with Crippen LogP contribution >= 0.6 is 15.9 Å². The summed E-state index contributed by atoms with van der Waals surface area (Å²) in [5.41, 5.74) is 1.06. The Morgan fingerprint density at radius 2 is 2.10 bits per heavy atom. The van der Waals surface area contributed by atoms with Crippen LogP contribution in [0.3, 0.4) is 0 Å². The van der Waals surface area contributed by atoms with Crippen LogP contribution in [0.1, 0.15) is 19.4 Å². The number of halogens is 1. The van der Waals surface area contributed by atoms with Crippen LogP contribution < -0.4 is 19.5 Å². The molecule has 20 heavy (non-hydrogen) atoms. The van der Waals surface area contributed by atoms with Gasteiger partial charge in [0, 0.05) is 22.7 Å². The molecule has 0 spiro atoms. The van der Waals surface area contributed by atoms with Crippen LogP contribution in [0.25, 0.3) is 0 Å². The Balaban J connectivity index is 2.11. The van der Waals surface area contributed by atoms with Gasteiger partial charge >= 0.3 is 0 Å². The molecule has 2 rings (SSSR count). The molecule has 4 nitrogen and oxygen atoms in total. The zero-order valence-corrected chi connectivity index (χ0v) is 13.5. The van der Waals surface area contributed by atoms with E-state index in [2.05, 4.69) is 41.7 Å². The predicted molar refractivity (Wildman–Crippen MR) is 82.7 cm³/mol. The van der Waals surface area contributed by atoms with Crippen molar-refractivity contribution < 1.29 is 14.2 Å². The minimum atomic E-state index is 0.267. The molecule has 0 saturated carbocycles. The Labute approximate surface area is 128 Å². The van der Waals surface area contributed by atoms with Crippen molar-refractivity contribution in [2.24, 2.45) is 5.92 Å². The maximum absolute atomic E-state index is 5.76. The van der Waals surface area contributed by atoms with Gasteiger partial charge in [0.15, 0.2) is 11.5 Å². The lowest BCUT2D eigenvalue weighted by atomic mass is 10.1. The predicted octanol–water partition coefficient (Wildman–Crippen LogP) is 3.45. The maximum atomic E-state index is 5.76. The Bertz CT molecular complexity index is 488. The lowest BCUT2D eigenvalue weighted by Gasteiger charge is -2.14. The van der Waals surface area contributed by atoms with Crippen molar-refractivity contribution in [3.05, 3.63) is 28.8 Å². The lowest BCUT2D eigenvalue weighted by molar-refractivity contribution is 0.174. The smallest absolute Gasteiger partial charge is 0.231 e. The summed E-state index contributed by atoms with van der Waals surface area (Å²) < 4.78 is 17.4. The van der Waals surface area contributed by atoms with E-state index in [1.807, 2.05) is 12.1 Å². The van der Waals surface area contributed by atoms with Gasteiger partial charge in [0.25, 0.3) is 0 Å². The summed E-state index contributed by atoms with van der Waals surface area (Å²) in [5.74, 6) is 2.91. The summed E-state index contributed by atoms with van der Waals surface area (Å²) in [6.07, 6.45) is 0. The molecule has 0 saturated heterocycles. The summed E-state index contributed by atoms with van der Waals surface area (Å²) in [4.78, 5) is 0. The largest absolute Gasteiger partial charge is 0.488 e. The molecule has 110 valence electrons. The van der Waals surface area contributed by atoms with Crippen LogP contribution in [-0.4, -0.2) is 19.9 Å². The molecule has 0 aromatic heterocycles. The molecule has 1 heterocycles. The minimum Gasteiger partial charge on any atom is -0.488 e. The van der Waals surface area contributed by atoms with Crippen LogP contribution in [-0.2, 0) is 6.54 Å². The molecular weight excluding hydrogens is 322 g/mol. The van der Waals surface area contributed by atoms with E-state index in [4.69, 9.17) is 14.2 Å². The maximum Gasteiger partial charge on any atom is 0.231 e.